The highest BCUT2D eigenvalue weighted by molar-refractivity contribution is 6.02. The molecule has 0 spiro atoms. The lowest BCUT2D eigenvalue weighted by Gasteiger charge is -2.05. The SMILES string of the molecule is Cc1c(C(=O)Nc2ccccc2)[n+]([O-])cn1-c1ccc2oc(=O)ccc2c1. The van der Waals surface area contributed by atoms with Crippen molar-refractivity contribution in [1.82, 2.24) is 4.57 Å². The van der Waals surface area contributed by atoms with Gasteiger partial charge in [0.1, 0.15) is 11.3 Å². The summed E-state index contributed by atoms with van der Waals surface area (Å²) >= 11 is 0. The molecular formula is C20H15N3O4. The summed E-state index contributed by atoms with van der Waals surface area (Å²) in [5.41, 5.74) is 1.82. The molecule has 0 saturated carbocycles. The van der Waals surface area contributed by atoms with E-state index in [-0.39, 0.29) is 5.69 Å². The van der Waals surface area contributed by atoms with E-state index in [1.807, 2.05) is 6.07 Å². The van der Waals surface area contributed by atoms with E-state index in [1.165, 1.54) is 12.4 Å². The largest absolute Gasteiger partial charge is 0.710 e. The number of nitrogens with one attached hydrogen (secondary N) is 1. The zero-order valence-electron chi connectivity index (χ0n) is 14.4. The highest BCUT2D eigenvalue weighted by Crippen LogP contribution is 2.20. The molecule has 0 unspecified atom stereocenters. The molecule has 4 rings (SSSR count). The molecule has 27 heavy (non-hydrogen) atoms. The molecule has 0 aliphatic rings. The predicted molar refractivity (Wildman–Crippen MR) is 99.9 cm³/mol. The molecule has 4 aromatic rings. The van der Waals surface area contributed by atoms with Crippen molar-refractivity contribution in [2.45, 2.75) is 6.92 Å². The number of nitrogens with zero attached hydrogens (tertiary/aromatic N) is 2. The quantitative estimate of drug-likeness (QED) is 0.345. The van der Waals surface area contributed by atoms with E-state index < -0.39 is 11.5 Å². The summed E-state index contributed by atoms with van der Waals surface area (Å²) in [5, 5.41) is 15.8. The van der Waals surface area contributed by atoms with Gasteiger partial charge in [0.15, 0.2) is 5.69 Å². The Balaban J connectivity index is 1.73. The lowest BCUT2D eigenvalue weighted by molar-refractivity contribution is -0.606. The van der Waals surface area contributed by atoms with Gasteiger partial charge in [0.2, 0.25) is 5.69 Å². The number of fused-ring (bicyclic) bond motifs is 1. The molecule has 7 nitrogen and oxygen atoms in total. The van der Waals surface area contributed by atoms with Crippen molar-refractivity contribution in [2.75, 3.05) is 5.32 Å². The number of hydrogen-bond acceptors (Lipinski definition) is 4. The summed E-state index contributed by atoms with van der Waals surface area (Å²) in [6.45, 7) is 1.70. The Morgan fingerprint density at radius 2 is 1.89 bits per heavy atom. The van der Waals surface area contributed by atoms with Crippen LogP contribution in [0.1, 0.15) is 16.2 Å². The van der Waals surface area contributed by atoms with E-state index in [1.54, 1.807) is 60.0 Å². The maximum Gasteiger partial charge on any atom is 0.336 e. The van der Waals surface area contributed by atoms with Crippen LogP contribution in [0.15, 0.2) is 76.2 Å². The first-order chi connectivity index (χ1) is 13.0. The van der Waals surface area contributed by atoms with Gasteiger partial charge in [-0.2, -0.15) is 4.57 Å². The third kappa shape index (κ3) is 3.06. The number of aromatic nitrogens is 2. The summed E-state index contributed by atoms with van der Waals surface area (Å²) in [6.07, 6.45) is 1.30. The summed E-state index contributed by atoms with van der Waals surface area (Å²) in [4.78, 5) is 23.9. The molecule has 2 aromatic heterocycles. The molecule has 2 heterocycles. The maximum absolute atomic E-state index is 12.6. The van der Waals surface area contributed by atoms with Crippen molar-refractivity contribution < 1.29 is 13.9 Å². The van der Waals surface area contributed by atoms with Gasteiger partial charge in [-0.15, -0.1) is 0 Å². The zero-order chi connectivity index (χ0) is 19.0. The van der Waals surface area contributed by atoms with Crippen LogP contribution >= 0.6 is 0 Å². The van der Waals surface area contributed by atoms with Crippen molar-refractivity contribution in [2.24, 2.45) is 0 Å². The van der Waals surface area contributed by atoms with Crippen LogP contribution in [0.4, 0.5) is 5.69 Å². The maximum atomic E-state index is 12.6. The first-order valence-electron chi connectivity index (χ1n) is 8.25. The minimum atomic E-state index is -0.487. The van der Waals surface area contributed by atoms with E-state index in [0.29, 0.717) is 32.8 Å². The molecule has 1 amide bonds. The molecule has 2 aromatic carbocycles. The Morgan fingerprint density at radius 3 is 2.67 bits per heavy atom. The molecule has 134 valence electrons. The van der Waals surface area contributed by atoms with Gasteiger partial charge in [0.25, 0.3) is 12.2 Å². The third-order valence-electron chi connectivity index (χ3n) is 4.27. The predicted octanol–water partition coefficient (Wildman–Crippen LogP) is 2.78. The fourth-order valence-corrected chi connectivity index (χ4v) is 2.97. The minimum Gasteiger partial charge on any atom is -0.710 e. The van der Waals surface area contributed by atoms with E-state index in [0.717, 1.165) is 0 Å². The van der Waals surface area contributed by atoms with Gasteiger partial charge in [-0.1, -0.05) is 18.2 Å². The van der Waals surface area contributed by atoms with Crippen molar-refractivity contribution in [3.8, 4) is 5.69 Å². The highest BCUT2D eigenvalue weighted by atomic mass is 16.5. The number of carbonyl (C=O) groups excluding carboxylic acids is 1. The fraction of sp³-hybridized carbons (Fsp3) is 0.0500. The molecule has 0 aliphatic carbocycles. The van der Waals surface area contributed by atoms with Crippen LogP contribution in [0.25, 0.3) is 16.7 Å². The van der Waals surface area contributed by atoms with Gasteiger partial charge in [-0.3, -0.25) is 4.79 Å². The van der Waals surface area contributed by atoms with Gasteiger partial charge >= 0.3 is 5.63 Å². The lowest BCUT2D eigenvalue weighted by atomic mass is 10.2. The second-order valence-electron chi connectivity index (χ2n) is 6.04. The Bertz CT molecular complexity index is 1210. The first kappa shape index (κ1) is 16.6. The van der Waals surface area contributed by atoms with Crippen molar-refractivity contribution in [3.05, 3.63) is 94.0 Å². The summed E-state index contributed by atoms with van der Waals surface area (Å²) in [5.74, 6) is -0.487. The Morgan fingerprint density at radius 1 is 1.11 bits per heavy atom. The number of amides is 1. The average Bonchev–Trinajstić information content (AvgIpc) is 2.96. The van der Waals surface area contributed by atoms with E-state index in [2.05, 4.69) is 5.32 Å². The van der Waals surface area contributed by atoms with Crippen LogP contribution in [0.5, 0.6) is 0 Å². The van der Waals surface area contributed by atoms with E-state index >= 15 is 0 Å². The van der Waals surface area contributed by atoms with Crippen molar-refractivity contribution >= 4 is 22.6 Å². The number of benzene rings is 2. The number of para-hydroxylation sites is 1. The van der Waals surface area contributed by atoms with E-state index in [4.69, 9.17) is 4.42 Å². The monoisotopic (exact) mass is 361 g/mol. The fourth-order valence-electron chi connectivity index (χ4n) is 2.97. The van der Waals surface area contributed by atoms with Crippen LogP contribution in [0.3, 0.4) is 0 Å². The number of rotatable bonds is 3. The van der Waals surface area contributed by atoms with Crippen molar-refractivity contribution in [3.63, 3.8) is 0 Å². The molecule has 0 fully saturated rings. The highest BCUT2D eigenvalue weighted by Gasteiger charge is 2.24. The van der Waals surface area contributed by atoms with Crippen LogP contribution < -0.4 is 15.7 Å². The molecule has 0 radical (unpaired) electrons. The minimum absolute atomic E-state index is 0.0125. The normalized spacial score (nSPS) is 10.9. The molecule has 0 aliphatic heterocycles. The van der Waals surface area contributed by atoms with Gasteiger partial charge < -0.3 is 14.9 Å². The standard InChI is InChI=1S/C20H15N3O4/c1-13-19(20(25)21-15-5-3-2-4-6-15)23(26)12-22(13)16-8-9-17-14(11-16)7-10-18(24)27-17/h2-12H,1H3,(H,21,25). The first-order valence-corrected chi connectivity index (χ1v) is 8.25. The second-order valence-corrected chi connectivity index (χ2v) is 6.04. The van der Waals surface area contributed by atoms with Gasteiger partial charge in [-0.05, 0) is 36.4 Å². The smallest absolute Gasteiger partial charge is 0.336 e. The van der Waals surface area contributed by atoms with Crippen LogP contribution in [-0.4, -0.2) is 10.5 Å². The summed E-state index contributed by atoms with van der Waals surface area (Å²) < 4.78 is 7.29. The summed E-state index contributed by atoms with van der Waals surface area (Å²) in [7, 11) is 0. The Labute approximate surface area is 153 Å². The lowest BCUT2D eigenvalue weighted by Crippen LogP contribution is -2.34. The van der Waals surface area contributed by atoms with E-state index in [9.17, 15) is 14.8 Å². The molecule has 0 atom stereocenters. The molecule has 1 N–H and O–H groups in total. The van der Waals surface area contributed by atoms with Crippen molar-refractivity contribution in [1.29, 1.82) is 0 Å². The number of imidazole rings is 1. The van der Waals surface area contributed by atoms with Crippen LogP contribution in [0.2, 0.25) is 0 Å². The number of hydrogen-bond donors (Lipinski definition) is 1. The third-order valence-corrected chi connectivity index (χ3v) is 4.27. The Kier molecular flexibility index (Phi) is 3.97. The van der Waals surface area contributed by atoms with Gasteiger partial charge in [0.05, 0.1) is 0 Å². The molecular weight excluding hydrogens is 346 g/mol. The summed E-state index contributed by atoms with van der Waals surface area (Å²) in [6, 6.07) is 17.1. The average molecular weight is 361 g/mol. The molecule has 7 heteroatoms. The topological polar surface area (TPSA) is 91.2 Å². The molecule has 0 saturated heterocycles. The van der Waals surface area contributed by atoms with Gasteiger partial charge in [0, 0.05) is 24.1 Å². The Hall–Kier alpha value is -3.87. The zero-order valence-corrected chi connectivity index (χ0v) is 14.4. The molecule has 0 bridgehead atoms. The van der Waals surface area contributed by atoms with Crippen LogP contribution in [-0.2, 0) is 0 Å². The number of anilines is 1. The van der Waals surface area contributed by atoms with Gasteiger partial charge in [-0.25, -0.2) is 9.52 Å². The second kappa shape index (κ2) is 6.45. The van der Waals surface area contributed by atoms with Crippen LogP contribution in [0, 0.1) is 12.1 Å². The number of carbonyl (C=O) groups is 1.